The van der Waals surface area contributed by atoms with Crippen molar-refractivity contribution in [1.82, 2.24) is 0 Å². The molecule has 0 amide bonds. The monoisotopic (exact) mass is 269 g/mol. The van der Waals surface area contributed by atoms with Gasteiger partial charge < -0.3 is 4.74 Å². The van der Waals surface area contributed by atoms with Gasteiger partial charge in [-0.15, -0.1) is 0 Å². The first-order valence-corrected chi connectivity index (χ1v) is 6.43. The van der Waals surface area contributed by atoms with Crippen molar-refractivity contribution in [1.29, 1.82) is 5.26 Å². The molecule has 2 nitrogen and oxygen atoms in total. The summed E-state index contributed by atoms with van der Waals surface area (Å²) >= 11 is 0. The van der Waals surface area contributed by atoms with Crippen LogP contribution in [0.2, 0.25) is 0 Å². The van der Waals surface area contributed by atoms with Crippen LogP contribution in [-0.2, 0) is 6.42 Å². The van der Waals surface area contributed by atoms with Crippen LogP contribution in [0.3, 0.4) is 0 Å². The van der Waals surface area contributed by atoms with Gasteiger partial charge in [0.1, 0.15) is 11.6 Å². The maximum Gasteiger partial charge on any atom is 0.123 e. The molecule has 102 valence electrons. The average molecular weight is 269 g/mol. The molecule has 1 unspecified atom stereocenters. The van der Waals surface area contributed by atoms with Crippen LogP contribution in [0, 0.1) is 24.1 Å². The van der Waals surface area contributed by atoms with Crippen molar-refractivity contribution < 1.29 is 9.13 Å². The number of methoxy groups -OCH3 is 1. The van der Waals surface area contributed by atoms with Crippen LogP contribution in [0.5, 0.6) is 5.75 Å². The standard InChI is InChI=1S/C17H16FNO/c1-12-5-3-4-6-13(12)9-14(11-19)16-10-15(18)7-8-17(16)20-2/h3-8,10,14H,9H2,1-2H3. The summed E-state index contributed by atoms with van der Waals surface area (Å²) in [5.41, 5.74) is 2.81. The highest BCUT2D eigenvalue weighted by atomic mass is 19.1. The molecule has 0 bridgehead atoms. The van der Waals surface area contributed by atoms with Crippen LogP contribution in [-0.4, -0.2) is 7.11 Å². The van der Waals surface area contributed by atoms with Gasteiger partial charge in [0.15, 0.2) is 0 Å². The van der Waals surface area contributed by atoms with Gasteiger partial charge in [-0.3, -0.25) is 0 Å². The minimum absolute atomic E-state index is 0.356. The lowest BCUT2D eigenvalue weighted by atomic mass is 9.90. The molecule has 1 atom stereocenters. The van der Waals surface area contributed by atoms with Crippen molar-refractivity contribution in [3.05, 3.63) is 65.0 Å². The summed E-state index contributed by atoms with van der Waals surface area (Å²) in [6, 6.07) is 14.4. The maximum atomic E-state index is 13.4. The second kappa shape index (κ2) is 6.21. The quantitative estimate of drug-likeness (QED) is 0.840. The van der Waals surface area contributed by atoms with E-state index in [-0.39, 0.29) is 5.82 Å². The predicted octanol–water partition coefficient (Wildman–Crippen LogP) is 3.99. The summed E-state index contributed by atoms with van der Waals surface area (Å²) in [7, 11) is 1.53. The lowest BCUT2D eigenvalue weighted by Gasteiger charge is -2.15. The second-order valence-corrected chi connectivity index (χ2v) is 4.70. The zero-order valence-corrected chi connectivity index (χ0v) is 11.6. The van der Waals surface area contributed by atoms with Crippen molar-refractivity contribution in [2.24, 2.45) is 0 Å². The van der Waals surface area contributed by atoms with E-state index in [1.807, 2.05) is 31.2 Å². The van der Waals surface area contributed by atoms with E-state index in [0.29, 0.717) is 17.7 Å². The van der Waals surface area contributed by atoms with E-state index < -0.39 is 5.92 Å². The Morgan fingerprint density at radius 3 is 2.65 bits per heavy atom. The van der Waals surface area contributed by atoms with Gasteiger partial charge in [-0.25, -0.2) is 4.39 Å². The average Bonchev–Trinajstić information content (AvgIpc) is 2.46. The fourth-order valence-corrected chi connectivity index (χ4v) is 2.26. The van der Waals surface area contributed by atoms with Crippen molar-refractivity contribution in [3.8, 4) is 11.8 Å². The first kappa shape index (κ1) is 14.1. The largest absolute Gasteiger partial charge is 0.496 e. The Kier molecular flexibility index (Phi) is 4.37. The molecule has 0 aliphatic rings. The molecular weight excluding hydrogens is 253 g/mol. The minimum atomic E-state index is -0.429. The fourth-order valence-electron chi connectivity index (χ4n) is 2.26. The zero-order chi connectivity index (χ0) is 14.5. The maximum absolute atomic E-state index is 13.4. The summed E-state index contributed by atoms with van der Waals surface area (Å²) in [6.07, 6.45) is 0.545. The summed E-state index contributed by atoms with van der Waals surface area (Å²) in [5.74, 6) is -0.237. The number of halogens is 1. The number of nitrogens with zero attached hydrogens (tertiary/aromatic N) is 1. The summed E-state index contributed by atoms with van der Waals surface area (Å²) in [6.45, 7) is 2.01. The smallest absolute Gasteiger partial charge is 0.123 e. The highest BCUT2D eigenvalue weighted by Gasteiger charge is 2.18. The fraction of sp³-hybridized carbons (Fsp3) is 0.235. The Morgan fingerprint density at radius 2 is 2.00 bits per heavy atom. The number of nitriles is 1. The molecule has 0 aliphatic heterocycles. The molecule has 2 aromatic carbocycles. The zero-order valence-electron chi connectivity index (χ0n) is 11.6. The van der Waals surface area contributed by atoms with Gasteiger partial charge in [-0.05, 0) is 42.7 Å². The molecule has 0 aliphatic carbocycles. The van der Waals surface area contributed by atoms with Gasteiger partial charge in [0.25, 0.3) is 0 Å². The third-order valence-corrected chi connectivity index (χ3v) is 3.41. The van der Waals surface area contributed by atoms with E-state index >= 15 is 0 Å². The summed E-state index contributed by atoms with van der Waals surface area (Å²) in [4.78, 5) is 0. The molecule has 0 spiro atoms. The van der Waals surface area contributed by atoms with Gasteiger partial charge in [0, 0.05) is 5.56 Å². The Bertz CT molecular complexity index is 646. The van der Waals surface area contributed by atoms with Crippen molar-refractivity contribution >= 4 is 0 Å². The van der Waals surface area contributed by atoms with E-state index in [1.165, 1.54) is 19.2 Å². The van der Waals surface area contributed by atoms with Crippen LogP contribution >= 0.6 is 0 Å². The molecule has 0 fully saturated rings. The first-order valence-electron chi connectivity index (χ1n) is 6.43. The third-order valence-electron chi connectivity index (χ3n) is 3.41. The van der Waals surface area contributed by atoms with Crippen molar-refractivity contribution in [3.63, 3.8) is 0 Å². The van der Waals surface area contributed by atoms with Gasteiger partial charge in [0.2, 0.25) is 0 Å². The van der Waals surface area contributed by atoms with Gasteiger partial charge in [0.05, 0.1) is 19.1 Å². The minimum Gasteiger partial charge on any atom is -0.496 e. The Balaban J connectivity index is 2.37. The van der Waals surface area contributed by atoms with E-state index in [9.17, 15) is 9.65 Å². The topological polar surface area (TPSA) is 33.0 Å². The number of aryl methyl sites for hydroxylation is 1. The second-order valence-electron chi connectivity index (χ2n) is 4.70. The highest BCUT2D eigenvalue weighted by Crippen LogP contribution is 2.30. The van der Waals surface area contributed by atoms with E-state index in [2.05, 4.69) is 6.07 Å². The molecule has 0 radical (unpaired) electrons. The summed E-state index contributed by atoms with van der Waals surface area (Å²) in [5, 5.41) is 9.41. The number of hydrogen-bond donors (Lipinski definition) is 0. The highest BCUT2D eigenvalue weighted by molar-refractivity contribution is 5.41. The molecule has 2 aromatic rings. The SMILES string of the molecule is COc1ccc(F)cc1C(C#N)Cc1ccccc1C. The molecular formula is C17H16FNO. The lowest BCUT2D eigenvalue weighted by molar-refractivity contribution is 0.406. The summed E-state index contributed by atoms with van der Waals surface area (Å²) < 4.78 is 18.7. The molecule has 0 saturated carbocycles. The predicted molar refractivity (Wildman–Crippen MR) is 76.2 cm³/mol. The molecule has 0 heterocycles. The van der Waals surface area contributed by atoms with Crippen LogP contribution in [0.25, 0.3) is 0 Å². The van der Waals surface area contributed by atoms with E-state index in [1.54, 1.807) is 6.07 Å². The van der Waals surface area contributed by atoms with Crippen LogP contribution < -0.4 is 4.74 Å². The normalized spacial score (nSPS) is 11.7. The Morgan fingerprint density at radius 1 is 1.25 bits per heavy atom. The van der Waals surface area contributed by atoms with Crippen LogP contribution in [0.1, 0.15) is 22.6 Å². The van der Waals surface area contributed by atoms with E-state index in [4.69, 9.17) is 4.74 Å². The van der Waals surface area contributed by atoms with Crippen molar-refractivity contribution in [2.75, 3.05) is 7.11 Å². The van der Waals surface area contributed by atoms with Crippen molar-refractivity contribution in [2.45, 2.75) is 19.3 Å². The van der Waals surface area contributed by atoms with Crippen LogP contribution in [0.15, 0.2) is 42.5 Å². The number of ether oxygens (including phenoxy) is 1. The van der Waals surface area contributed by atoms with E-state index in [0.717, 1.165) is 11.1 Å². The van der Waals surface area contributed by atoms with Gasteiger partial charge >= 0.3 is 0 Å². The molecule has 0 saturated heterocycles. The third kappa shape index (κ3) is 2.97. The number of rotatable bonds is 4. The molecule has 20 heavy (non-hydrogen) atoms. The Labute approximate surface area is 118 Å². The van der Waals surface area contributed by atoms with Gasteiger partial charge in [-0.2, -0.15) is 5.26 Å². The molecule has 2 rings (SSSR count). The molecule has 3 heteroatoms. The Hall–Kier alpha value is -2.34. The van der Waals surface area contributed by atoms with Gasteiger partial charge in [-0.1, -0.05) is 24.3 Å². The number of benzene rings is 2. The van der Waals surface area contributed by atoms with Crippen LogP contribution in [0.4, 0.5) is 4.39 Å². The molecule has 0 aromatic heterocycles. The lowest BCUT2D eigenvalue weighted by Crippen LogP contribution is -2.04. The number of hydrogen-bond acceptors (Lipinski definition) is 2. The molecule has 0 N–H and O–H groups in total. The first-order chi connectivity index (χ1) is 9.65.